The lowest BCUT2D eigenvalue weighted by molar-refractivity contribution is -0.118. The molecule has 0 N–H and O–H groups in total. The van der Waals surface area contributed by atoms with Crippen molar-refractivity contribution in [2.45, 2.75) is 25.3 Å². The molecule has 1 fully saturated rings. The zero-order valence-corrected chi connectivity index (χ0v) is 17.3. The van der Waals surface area contributed by atoms with Crippen molar-refractivity contribution in [2.75, 3.05) is 6.54 Å². The van der Waals surface area contributed by atoms with Crippen molar-refractivity contribution in [1.29, 1.82) is 0 Å². The third-order valence-electron chi connectivity index (χ3n) is 5.49. The van der Waals surface area contributed by atoms with Crippen LogP contribution in [0.4, 0.5) is 4.79 Å². The van der Waals surface area contributed by atoms with Crippen molar-refractivity contribution < 1.29 is 14.3 Å². The molecule has 3 aromatic carbocycles. The number of aryl methyl sites for hydroxylation is 1. The van der Waals surface area contributed by atoms with E-state index in [4.69, 9.17) is 4.74 Å². The minimum Gasteiger partial charge on any atom is -0.410 e. The van der Waals surface area contributed by atoms with Gasteiger partial charge in [-0.25, -0.2) is 4.79 Å². The van der Waals surface area contributed by atoms with E-state index < -0.39 is 6.09 Å². The van der Waals surface area contributed by atoms with Gasteiger partial charge in [-0.05, 0) is 36.1 Å². The predicted octanol–water partition coefficient (Wildman–Crippen LogP) is 5.76. The molecule has 1 amide bonds. The standard InChI is InChI=1S/C27H25NO3/c29-26-19-25(22-14-6-2-7-15-22)28(27(30)31-24-17-8-3-9-18-24)20-23(26)16-10-13-21-11-4-1-5-12-21/h1-9,11-12,14-18,25H,10,13,19-20H2/b23-16+. The number of benzene rings is 3. The van der Waals surface area contributed by atoms with Crippen molar-refractivity contribution in [2.24, 2.45) is 0 Å². The molecule has 4 nitrogen and oxygen atoms in total. The van der Waals surface area contributed by atoms with Gasteiger partial charge in [0.05, 0.1) is 12.6 Å². The number of rotatable bonds is 5. The molecule has 0 saturated carbocycles. The lowest BCUT2D eigenvalue weighted by atomic mass is 9.91. The summed E-state index contributed by atoms with van der Waals surface area (Å²) in [7, 11) is 0. The SMILES string of the molecule is O=C1CC(c2ccccc2)N(C(=O)Oc2ccccc2)C/C1=C\CCc1ccccc1. The van der Waals surface area contributed by atoms with Gasteiger partial charge in [0, 0.05) is 12.0 Å². The van der Waals surface area contributed by atoms with Gasteiger partial charge in [0.25, 0.3) is 0 Å². The Labute approximate surface area is 182 Å². The van der Waals surface area contributed by atoms with Crippen molar-refractivity contribution in [3.63, 3.8) is 0 Å². The van der Waals surface area contributed by atoms with E-state index in [0.29, 0.717) is 11.3 Å². The molecule has 31 heavy (non-hydrogen) atoms. The second-order valence-corrected chi connectivity index (χ2v) is 7.62. The number of nitrogens with zero attached hydrogens (tertiary/aromatic N) is 1. The highest BCUT2D eigenvalue weighted by molar-refractivity contribution is 5.98. The number of Topliss-reactive ketones (excluding diaryl/α,β-unsaturated/α-hetero) is 1. The fraction of sp³-hybridized carbons (Fsp3) is 0.185. The lowest BCUT2D eigenvalue weighted by Gasteiger charge is -2.35. The van der Waals surface area contributed by atoms with Crippen LogP contribution >= 0.6 is 0 Å². The Morgan fingerprint density at radius 2 is 1.52 bits per heavy atom. The number of hydrogen-bond acceptors (Lipinski definition) is 3. The number of amides is 1. The Hall–Kier alpha value is -3.66. The topological polar surface area (TPSA) is 46.6 Å². The molecule has 4 heteroatoms. The summed E-state index contributed by atoms with van der Waals surface area (Å²) in [6.07, 6.45) is 3.39. The van der Waals surface area contributed by atoms with Gasteiger partial charge in [0.1, 0.15) is 5.75 Å². The number of piperidine rings is 1. The van der Waals surface area contributed by atoms with Crippen LogP contribution in [0.2, 0.25) is 0 Å². The molecule has 0 radical (unpaired) electrons. The van der Waals surface area contributed by atoms with E-state index in [0.717, 1.165) is 18.4 Å². The van der Waals surface area contributed by atoms with E-state index in [2.05, 4.69) is 12.1 Å². The van der Waals surface area contributed by atoms with Crippen molar-refractivity contribution in [1.82, 2.24) is 4.90 Å². The van der Waals surface area contributed by atoms with E-state index in [1.54, 1.807) is 17.0 Å². The average molecular weight is 412 g/mol. The van der Waals surface area contributed by atoms with E-state index in [9.17, 15) is 9.59 Å². The molecule has 1 saturated heterocycles. The summed E-state index contributed by atoms with van der Waals surface area (Å²) in [5, 5.41) is 0. The summed E-state index contributed by atoms with van der Waals surface area (Å²) in [6, 6.07) is 28.5. The third kappa shape index (κ3) is 5.28. The van der Waals surface area contributed by atoms with Crippen LogP contribution in [0.3, 0.4) is 0 Å². The second kappa shape index (κ2) is 9.90. The third-order valence-corrected chi connectivity index (χ3v) is 5.49. The average Bonchev–Trinajstić information content (AvgIpc) is 2.82. The van der Waals surface area contributed by atoms with Gasteiger partial charge in [-0.3, -0.25) is 9.69 Å². The van der Waals surface area contributed by atoms with Gasteiger partial charge in [-0.15, -0.1) is 0 Å². The number of ketones is 1. The van der Waals surface area contributed by atoms with E-state index >= 15 is 0 Å². The fourth-order valence-corrected chi connectivity index (χ4v) is 3.85. The highest BCUT2D eigenvalue weighted by atomic mass is 16.6. The van der Waals surface area contributed by atoms with Gasteiger partial charge in [0.2, 0.25) is 0 Å². The second-order valence-electron chi connectivity index (χ2n) is 7.62. The van der Waals surface area contributed by atoms with Crippen LogP contribution in [-0.4, -0.2) is 23.3 Å². The maximum atomic E-state index is 13.1. The van der Waals surface area contributed by atoms with Gasteiger partial charge in [-0.1, -0.05) is 84.9 Å². The zero-order chi connectivity index (χ0) is 21.5. The van der Waals surface area contributed by atoms with Gasteiger partial charge >= 0.3 is 6.09 Å². The van der Waals surface area contributed by atoms with Gasteiger partial charge in [-0.2, -0.15) is 0 Å². The Morgan fingerprint density at radius 1 is 0.903 bits per heavy atom. The number of allylic oxidation sites excluding steroid dienone is 1. The van der Waals surface area contributed by atoms with Crippen molar-refractivity contribution in [3.8, 4) is 5.75 Å². The maximum absolute atomic E-state index is 13.1. The van der Waals surface area contributed by atoms with Crippen LogP contribution in [-0.2, 0) is 11.2 Å². The molecular weight excluding hydrogens is 386 g/mol. The minimum absolute atomic E-state index is 0.0886. The quantitative estimate of drug-likeness (QED) is 0.502. The smallest absolute Gasteiger partial charge is 0.410 e. The van der Waals surface area contributed by atoms with Gasteiger partial charge < -0.3 is 4.74 Å². The Bertz CT molecular complexity index is 1050. The molecule has 1 atom stereocenters. The summed E-state index contributed by atoms with van der Waals surface area (Å²) < 4.78 is 5.61. The van der Waals surface area contributed by atoms with E-state index in [1.807, 2.05) is 72.8 Å². The van der Waals surface area contributed by atoms with Crippen molar-refractivity contribution >= 4 is 11.9 Å². The van der Waals surface area contributed by atoms with Gasteiger partial charge in [0.15, 0.2) is 5.78 Å². The first-order valence-electron chi connectivity index (χ1n) is 10.6. The monoisotopic (exact) mass is 411 g/mol. The molecule has 0 bridgehead atoms. The highest BCUT2D eigenvalue weighted by Gasteiger charge is 2.35. The normalized spacial score (nSPS) is 17.5. The first kappa shape index (κ1) is 20.6. The first-order chi connectivity index (χ1) is 15.2. The number of ether oxygens (including phenoxy) is 1. The Morgan fingerprint density at radius 3 is 2.19 bits per heavy atom. The fourth-order valence-electron chi connectivity index (χ4n) is 3.85. The number of para-hydroxylation sites is 1. The lowest BCUT2D eigenvalue weighted by Crippen LogP contribution is -2.44. The summed E-state index contributed by atoms with van der Waals surface area (Å²) in [5.41, 5.74) is 2.84. The molecule has 0 aromatic heterocycles. The molecule has 1 aliphatic rings. The summed E-state index contributed by atoms with van der Waals surface area (Å²) in [5.74, 6) is 0.580. The summed E-state index contributed by atoms with van der Waals surface area (Å²) >= 11 is 0. The molecule has 156 valence electrons. The number of hydrogen-bond donors (Lipinski definition) is 0. The van der Waals surface area contributed by atoms with Crippen LogP contribution in [0.15, 0.2) is 103 Å². The van der Waals surface area contributed by atoms with Crippen LogP contribution in [0, 0.1) is 0 Å². The molecule has 1 heterocycles. The molecular formula is C27H25NO3. The Kier molecular flexibility index (Phi) is 6.58. The zero-order valence-electron chi connectivity index (χ0n) is 17.3. The molecule has 0 aliphatic carbocycles. The van der Waals surface area contributed by atoms with Crippen LogP contribution in [0.25, 0.3) is 0 Å². The number of likely N-dealkylation sites (tertiary alicyclic amines) is 1. The highest BCUT2D eigenvalue weighted by Crippen LogP contribution is 2.32. The number of carbonyl (C=O) groups excluding carboxylic acids is 2. The molecule has 4 rings (SSSR count). The van der Waals surface area contributed by atoms with Crippen LogP contribution in [0.5, 0.6) is 5.75 Å². The van der Waals surface area contributed by atoms with Crippen molar-refractivity contribution in [3.05, 3.63) is 114 Å². The summed E-state index contributed by atoms with van der Waals surface area (Å²) in [4.78, 5) is 27.6. The molecule has 3 aromatic rings. The number of carbonyl (C=O) groups is 2. The first-order valence-corrected chi connectivity index (χ1v) is 10.6. The van der Waals surface area contributed by atoms with Crippen LogP contribution in [0.1, 0.15) is 30.0 Å². The molecule has 0 spiro atoms. The summed E-state index contributed by atoms with van der Waals surface area (Å²) in [6.45, 7) is 0.249. The molecule has 1 aliphatic heterocycles. The minimum atomic E-state index is -0.443. The van der Waals surface area contributed by atoms with E-state index in [1.165, 1.54) is 5.56 Å². The van der Waals surface area contributed by atoms with E-state index in [-0.39, 0.29) is 24.8 Å². The maximum Gasteiger partial charge on any atom is 0.416 e. The van der Waals surface area contributed by atoms with Crippen LogP contribution < -0.4 is 4.74 Å². The Balaban J connectivity index is 1.53. The largest absolute Gasteiger partial charge is 0.416 e. The predicted molar refractivity (Wildman–Crippen MR) is 121 cm³/mol. The molecule has 1 unspecified atom stereocenters.